The van der Waals surface area contributed by atoms with Crippen molar-refractivity contribution in [2.45, 2.75) is 25.3 Å². The van der Waals surface area contributed by atoms with Crippen LogP contribution in [0.3, 0.4) is 0 Å². The molecule has 0 spiro atoms. The molecule has 2 fully saturated rings. The van der Waals surface area contributed by atoms with E-state index in [1.54, 1.807) is 12.1 Å². The second-order valence-electron chi connectivity index (χ2n) is 5.44. The molecular formula is C15H19FN2O. The van der Waals surface area contributed by atoms with E-state index in [1.807, 2.05) is 4.90 Å². The lowest BCUT2D eigenvalue weighted by atomic mass is 10.2. The van der Waals surface area contributed by atoms with E-state index in [9.17, 15) is 9.18 Å². The number of benzene rings is 1. The lowest BCUT2D eigenvalue weighted by Gasteiger charge is -2.23. The lowest BCUT2D eigenvalue weighted by Crippen LogP contribution is -2.37. The fourth-order valence-electron chi connectivity index (χ4n) is 3.11. The molecule has 1 atom stereocenters. The van der Waals surface area contributed by atoms with E-state index < -0.39 is 0 Å². The summed E-state index contributed by atoms with van der Waals surface area (Å²) in [6, 6.07) is 6.36. The minimum atomic E-state index is -0.298. The second kappa shape index (κ2) is 5.29. The predicted octanol–water partition coefficient (Wildman–Crippen LogP) is 2.14. The summed E-state index contributed by atoms with van der Waals surface area (Å²) < 4.78 is 12.9. The van der Waals surface area contributed by atoms with Gasteiger partial charge in [0.15, 0.2) is 0 Å². The van der Waals surface area contributed by atoms with Gasteiger partial charge in [-0.3, -0.25) is 9.69 Å². The number of carbonyl (C=O) groups is 1. The summed E-state index contributed by atoms with van der Waals surface area (Å²) in [6.45, 7) is 3.97. The Bertz CT molecular complexity index is 454. The highest BCUT2D eigenvalue weighted by atomic mass is 19.1. The van der Waals surface area contributed by atoms with Gasteiger partial charge in [0.2, 0.25) is 0 Å². The normalized spacial score (nSPS) is 24.1. The Labute approximate surface area is 113 Å². The highest BCUT2D eigenvalue weighted by molar-refractivity contribution is 5.94. The summed E-state index contributed by atoms with van der Waals surface area (Å²) in [7, 11) is 0. The summed E-state index contributed by atoms with van der Waals surface area (Å²) in [4.78, 5) is 16.7. The second-order valence-corrected chi connectivity index (χ2v) is 5.44. The van der Waals surface area contributed by atoms with Gasteiger partial charge in [-0.1, -0.05) is 0 Å². The van der Waals surface area contributed by atoms with E-state index in [1.165, 1.54) is 38.1 Å². The van der Waals surface area contributed by atoms with Crippen LogP contribution in [0.2, 0.25) is 0 Å². The number of halogens is 1. The van der Waals surface area contributed by atoms with Gasteiger partial charge < -0.3 is 4.90 Å². The molecule has 0 aromatic heterocycles. The summed E-state index contributed by atoms with van der Waals surface area (Å²) >= 11 is 0. The third-order valence-electron chi connectivity index (χ3n) is 4.20. The van der Waals surface area contributed by atoms with Gasteiger partial charge in [0.05, 0.1) is 0 Å². The van der Waals surface area contributed by atoms with Crippen molar-refractivity contribution in [1.29, 1.82) is 0 Å². The zero-order valence-electron chi connectivity index (χ0n) is 11.0. The molecule has 1 aromatic rings. The molecular weight excluding hydrogens is 243 g/mol. The van der Waals surface area contributed by atoms with Gasteiger partial charge in [0, 0.05) is 24.7 Å². The maximum Gasteiger partial charge on any atom is 0.253 e. The van der Waals surface area contributed by atoms with E-state index in [2.05, 4.69) is 4.90 Å². The first-order valence-electron chi connectivity index (χ1n) is 7.03. The summed E-state index contributed by atoms with van der Waals surface area (Å²) in [5.74, 6) is -0.269. The standard InChI is InChI=1S/C15H19FN2O/c16-13-5-3-12(4-6-13)15(19)18-10-7-14(11-18)17-8-1-2-9-17/h3-6,14H,1-2,7-11H2. The van der Waals surface area contributed by atoms with E-state index >= 15 is 0 Å². The molecule has 0 bridgehead atoms. The van der Waals surface area contributed by atoms with Crippen LogP contribution in [-0.2, 0) is 0 Å². The third kappa shape index (κ3) is 2.63. The molecule has 2 heterocycles. The SMILES string of the molecule is O=C(c1ccc(F)cc1)N1CCC(N2CCCC2)C1. The first-order valence-corrected chi connectivity index (χ1v) is 7.03. The van der Waals surface area contributed by atoms with Gasteiger partial charge in [-0.15, -0.1) is 0 Å². The van der Waals surface area contributed by atoms with E-state index in [-0.39, 0.29) is 11.7 Å². The monoisotopic (exact) mass is 262 g/mol. The van der Waals surface area contributed by atoms with Crippen molar-refractivity contribution in [3.8, 4) is 0 Å². The Morgan fingerprint density at radius 2 is 1.79 bits per heavy atom. The Morgan fingerprint density at radius 3 is 2.47 bits per heavy atom. The Morgan fingerprint density at radius 1 is 1.11 bits per heavy atom. The maximum atomic E-state index is 12.9. The zero-order valence-corrected chi connectivity index (χ0v) is 11.0. The first kappa shape index (κ1) is 12.6. The number of hydrogen-bond acceptors (Lipinski definition) is 2. The van der Waals surface area contributed by atoms with Crippen LogP contribution in [0.15, 0.2) is 24.3 Å². The third-order valence-corrected chi connectivity index (χ3v) is 4.20. The molecule has 0 saturated carbocycles. The van der Waals surface area contributed by atoms with Crippen LogP contribution in [0, 0.1) is 5.82 Å². The number of hydrogen-bond donors (Lipinski definition) is 0. The smallest absolute Gasteiger partial charge is 0.253 e. The molecule has 0 aliphatic carbocycles. The molecule has 19 heavy (non-hydrogen) atoms. The van der Waals surface area contributed by atoms with Crippen molar-refractivity contribution in [3.63, 3.8) is 0 Å². The number of amides is 1. The predicted molar refractivity (Wildman–Crippen MR) is 71.5 cm³/mol. The summed E-state index contributed by atoms with van der Waals surface area (Å²) in [6.07, 6.45) is 3.62. The Kier molecular flexibility index (Phi) is 3.51. The first-order chi connectivity index (χ1) is 9.24. The number of nitrogens with zero attached hydrogens (tertiary/aromatic N) is 2. The van der Waals surface area contributed by atoms with Crippen LogP contribution in [-0.4, -0.2) is 47.9 Å². The molecule has 4 heteroatoms. The molecule has 1 amide bonds. The average molecular weight is 262 g/mol. The molecule has 2 aliphatic rings. The van der Waals surface area contributed by atoms with Crippen LogP contribution in [0.4, 0.5) is 4.39 Å². The summed E-state index contributed by atoms with van der Waals surface area (Å²) in [5.41, 5.74) is 0.587. The van der Waals surface area contributed by atoms with Gasteiger partial charge in [-0.25, -0.2) is 4.39 Å². The topological polar surface area (TPSA) is 23.6 Å². The van der Waals surface area contributed by atoms with Crippen LogP contribution in [0.25, 0.3) is 0 Å². The van der Waals surface area contributed by atoms with Gasteiger partial charge >= 0.3 is 0 Å². The quantitative estimate of drug-likeness (QED) is 0.815. The van der Waals surface area contributed by atoms with Crippen molar-refractivity contribution < 1.29 is 9.18 Å². The van der Waals surface area contributed by atoms with E-state index in [0.29, 0.717) is 11.6 Å². The molecule has 0 N–H and O–H groups in total. The lowest BCUT2D eigenvalue weighted by molar-refractivity contribution is 0.0780. The fourth-order valence-corrected chi connectivity index (χ4v) is 3.11. The van der Waals surface area contributed by atoms with Crippen molar-refractivity contribution in [1.82, 2.24) is 9.80 Å². The van der Waals surface area contributed by atoms with Crippen molar-refractivity contribution in [2.24, 2.45) is 0 Å². The van der Waals surface area contributed by atoms with Crippen LogP contribution in [0.5, 0.6) is 0 Å². The highest BCUT2D eigenvalue weighted by Gasteiger charge is 2.31. The minimum absolute atomic E-state index is 0.0293. The molecule has 102 valence electrons. The van der Waals surface area contributed by atoms with Gasteiger partial charge in [-0.05, 0) is 56.6 Å². The minimum Gasteiger partial charge on any atom is -0.337 e. The molecule has 1 unspecified atom stereocenters. The Balaban J connectivity index is 1.63. The number of rotatable bonds is 2. The van der Waals surface area contributed by atoms with Crippen molar-refractivity contribution in [2.75, 3.05) is 26.2 Å². The van der Waals surface area contributed by atoms with Crippen LogP contribution < -0.4 is 0 Å². The summed E-state index contributed by atoms with van der Waals surface area (Å²) in [5, 5.41) is 0. The molecule has 0 radical (unpaired) electrons. The molecule has 3 rings (SSSR count). The fraction of sp³-hybridized carbons (Fsp3) is 0.533. The van der Waals surface area contributed by atoms with Gasteiger partial charge in [0.1, 0.15) is 5.82 Å². The largest absolute Gasteiger partial charge is 0.337 e. The Hall–Kier alpha value is -1.42. The molecule has 2 saturated heterocycles. The van der Waals surface area contributed by atoms with E-state index in [0.717, 1.165) is 19.5 Å². The molecule has 3 nitrogen and oxygen atoms in total. The highest BCUT2D eigenvalue weighted by Crippen LogP contribution is 2.21. The molecule has 1 aromatic carbocycles. The van der Waals surface area contributed by atoms with Crippen LogP contribution in [0.1, 0.15) is 29.6 Å². The number of likely N-dealkylation sites (tertiary alicyclic amines) is 2. The molecule has 2 aliphatic heterocycles. The van der Waals surface area contributed by atoms with Crippen molar-refractivity contribution in [3.05, 3.63) is 35.6 Å². The van der Waals surface area contributed by atoms with Crippen molar-refractivity contribution >= 4 is 5.91 Å². The number of carbonyl (C=O) groups excluding carboxylic acids is 1. The van der Waals surface area contributed by atoms with Crippen LogP contribution >= 0.6 is 0 Å². The van der Waals surface area contributed by atoms with Gasteiger partial charge in [0.25, 0.3) is 5.91 Å². The average Bonchev–Trinajstić information content (AvgIpc) is 3.10. The van der Waals surface area contributed by atoms with E-state index in [4.69, 9.17) is 0 Å². The maximum absolute atomic E-state index is 12.9. The van der Waals surface area contributed by atoms with Gasteiger partial charge in [-0.2, -0.15) is 0 Å². The zero-order chi connectivity index (χ0) is 13.2.